The van der Waals surface area contributed by atoms with E-state index in [0.29, 0.717) is 5.69 Å². The lowest BCUT2D eigenvalue weighted by Crippen LogP contribution is -2.19. The van der Waals surface area contributed by atoms with Gasteiger partial charge in [0.2, 0.25) is 5.82 Å². The van der Waals surface area contributed by atoms with Crippen molar-refractivity contribution in [3.8, 4) is 5.75 Å². The van der Waals surface area contributed by atoms with Gasteiger partial charge in [0.1, 0.15) is 5.75 Å². The van der Waals surface area contributed by atoms with Crippen LogP contribution in [-0.2, 0) is 4.74 Å². The summed E-state index contributed by atoms with van der Waals surface area (Å²) in [6.45, 7) is -1.43. The van der Waals surface area contributed by atoms with Crippen LogP contribution in [0.3, 0.4) is 0 Å². The summed E-state index contributed by atoms with van der Waals surface area (Å²) in [6.07, 6.45) is -3.36. The summed E-state index contributed by atoms with van der Waals surface area (Å²) in [5.74, 6) is -0.943. The Kier molecular flexibility index (Phi) is 5.60. The van der Waals surface area contributed by atoms with Gasteiger partial charge in [-0.3, -0.25) is 10.1 Å². The molecule has 0 bridgehead atoms. The average molecular weight is 371 g/mol. The van der Waals surface area contributed by atoms with E-state index >= 15 is 0 Å². The highest BCUT2D eigenvalue weighted by Crippen LogP contribution is 2.27. The normalized spacial score (nSPS) is 10.9. The molecule has 0 atom stereocenters. The fourth-order valence-electron chi connectivity index (χ4n) is 1.85. The number of ether oxygens (including phenoxy) is 2. The average Bonchev–Trinajstić information content (AvgIpc) is 2.60. The number of pyridine rings is 1. The first-order chi connectivity index (χ1) is 12.2. The number of hydrogen-bond donors (Lipinski definition) is 1. The van der Waals surface area contributed by atoms with Crippen molar-refractivity contribution in [2.45, 2.75) is 6.18 Å². The molecule has 0 saturated heterocycles. The van der Waals surface area contributed by atoms with Crippen molar-refractivity contribution >= 4 is 23.2 Å². The third-order valence-corrected chi connectivity index (χ3v) is 3.00. The molecule has 1 heterocycles. The summed E-state index contributed by atoms with van der Waals surface area (Å²) in [7, 11) is 1.13. The number of carbonyl (C=O) groups excluding carboxylic acids is 1. The molecule has 0 fully saturated rings. The fraction of sp³-hybridized carbons (Fsp3) is 0.200. The number of alkyl halides is 3. The standard InChI is InChI=1S/C15H12F3N3O5/c1-25-14(22)9-6-12(21(23)24)13(19-7-9)20-10-2-4-11(5-3-10)26-8-15(16,17)18/h2-7H,8H2,1H3,(H,19,20). The van der Waals surface area contributed by atoms with E-state index in [2.05, 4.69) is 19.8 Å². The molecule has 0 aliphatic rings. The molecule has 2 rings (SSSR count). The van der Waals surface area contributed by atoms with Gasteiger partial charge in [-0.2, -0.15) is 13.2 Å². The third-order valence-electron chi connectivity index (χ3n) is 3.00. The van der Waals surface area contributed by atoms with Crippen LogP contribution in [0.25, 0.3) is 0 Å². The van der Waals surface area contributed by atoms with Gasteiger partial charge in [0.25, 0.3) is 0 Å². The first-order valence-electron chi connectivity index (χ1n) is 6.99. The summed E-state index contributed by atoms with van der Waals surface area (Å²) in [5.41, 5.74) is -0.239. The number of rotatable bonds is 6. The van der Waals surface area contributed by atoms with Crippen LogP contribution in [-0.4, -0.2) is 35.8 Å². The molecule has 0 amide bonds. The van der Waals surface area contributed by atoms with Gasteiger partial charge in [0.15, 0.2) is 6.61 Å². The lowest BCUT2D eigenvalue weighted by atomic mass is 10.2. The maximum Gasteiger partial charge on any atom is 0.422 e. The van der Waals surface area contributed by atoms with Crippen LogP contribution in [0.1, 0.15) is 10.4 Å². The van der Waals surface area contributed by atoms with Crippen LogP contribution in [0, 0.1) is 10.1 Å². The minimum Gasteiger partial charge on any atom is -0.484 e. The highest BCUT2D eigenvalue weighted by molar-refractivity contribution is 5.90. The van der Waals surface area contributed by atoms with Crippen molar-refractivity contribution in [2.75, 3.05) is 19.0 Å². The van der Waals surface area contributed by atoms with Crippen molar-refractivity contribution in [3.05, 3.63) is 52.2 Å². The number of aromatic nitrogens is 1. The molecule has 2 aromatic rings. The van der Waals surface area contributed by atoms with E-state index < -0.39 is 29.4 Å². The van der Waals surface area contributed by atoms with Crippen LogP contribution < -0.4 is 10.1 Å². The van der Waals surface area contributed by atoms with Crippen LogP contribution in [0.2, 0.25) is 0 Å². The number of benzene rings is 1. The Morgan fingerprint density at radius 1 is 1.31 bits per heavy atom. The molecule has 1 aromatic heterocycles. The van der Waals surface area contributed by atoms with Crippen LogP contribution in [0.4, 0.5) is 30.4 Å². The monoisotopic (exact) mass is 371 g/mol. The number of carbonyl (C=O) groups is 1. The number of hydrogen-bond acceptors (Lipinski definition) is 7. The molecule has 11 heteroatoms. The highest BCUT2D eigenvalue weighted by Gasteiger charge is 2.28. The molecule has 0 saturated carbocycles. The number of nitrogens with one attached hydrogen (secondary N) is 1. The Morgan fingerprint density at radius 2 is 1.96 bits per heavy atom. The predicted octanol–water partition coefficient (Wildman–Crippen LogP) is 3.46. The topological polar surface area (TPSA) is 104 Å². The van der Waals surface area contributed by atoms with Crippen molar-refractivity contribution in [2.24, 2.45) is 0 Å². The number of methoxy groups -OCH3 is 1. The lowest BCUT2D eigenvalue weighted by Gasteiger charge is -2.10. The molecular weight excluding hydrogens is 359 g/mol. The zero-order valence-corrected chi connectivity index (χ0v) is 13.2. The summed E-state index contributed by atoms with van der Waals surface area (Å²) in [5, 5.41) is 13.8. The minimum absolute atomic E-state index is 0.0172. The number of nitrogens with zero attached hydrogens (tertiary/aromatic N) is 2. The van der Waals surface area contributed by atoms with Gasteiger partial charge in [0, 0.05) is 18.0 Å². The van der Waals surface area contributed by atoms with Crippen LogP contribution in [0.15, 0.2) is 36.5 Å². The largest absolute Gasteiger partial charge is 0.484 e. The Bertz CT molecular complexity index is 809. The molecule has 0 spiro atoms. The van der Waals surface area contributed by atoms with E-state index in [1.165, 1.54) is 24.3 Å². The van der Waals surface area contributed by atoms with Crippen molar-refractivity contribution in [1.29, 1.82) is 0 Å². The lowest BCUT2D eigenvalue weighted by molar-refractivity contribution is -0.384. The Hall–Kier alpha value is -3.37. The van der Waals surface area contributed by atoms with E-state index in [0.717, 1.165) is 19.4 Å². The van der Waals surface area contributed by atoms with Gasteiger partial charge in [-0.15, -0.1) is 0 Å². The van der Waals surface area contributed by atoms with E-state index in [9.17, 15) is 28.1 Å². The van der Waals surface area contributed by atoms with Gasteiger partial charge in [-0.05, 0) is 24.3 Å². The van der Waals surface area contributed by atoms with E-state index in [1.54, 1.807) is 0 Å². The number of anilines is 2. The first kappa shape index (κ1) is 19.0. The first-order valence-corrected chi connectivity index (χ1v) is 6.99. The predicted molar refractivity (Wildman–Crippen MR) is 83.5 cm³/mol. The molecule has 0 aliphatic heterocycles. The molecule has 0 aliphatic carbocycles. The molecule has 138 valence electrons. The minimum atomic E-state index is -4.46. The summed E-state index contributed by atoms with van der Waals surface area (Å²) < 4.78 is 45.3. The van der Waals surface area contributed by atoms with Gasteiger partial charge in [0.05, 0.1) is 17.6 Å². The summed E-state index contributed by atoms with van der Waals surface area (Å²) in [6, 6.07) is 6.27. The molecule has 1 N–H and O–H groups in total. The second-order valence-electron chi connectivity index (χ2n) is 4.89. The zero-order valence-electron chi connectivity index (χ0n) is 13.2. The van der Waals surface area contributed by atoms with E-state index in [1.807, 2.05) is 0 Å². The molecule has 0 unspecified atom stereocenters. The van der Waals surface area contributed by atoms with Crippen LogP contribution in [0.5, 0.6) is 5.75 Å². The van der Waals surface area contributed by atoms with Crippen molar-refractivity contribution in [3.63, 3.8) is 0 Å². The van der Waals surface area contributed by atoms with E-state index in [4.69, 9.17) is 0 Å². The Labute approximate surface area is 144 Å². The maximum absolute atomic E-state index is 12.1. The number of esters is 1. The van der Waals surface area contributed by atoms with Crippen molar-refractivity contribution < 1.29 is 32.4 Å². The summed E-state index contributed by atoms with van der Waals surface area (Å²) >= 11 is 0. The smallest absolute Gasteiger partial charge is 0.422 e. The number of nitro groups is 1. The Morgan fingerprint density at radius 3 is 2.50 bits per heavy atom. The van der Waals surface area contributed by atoms with Crippen molar-refractivity contribution in [1.82, 2.24) is 4.98 Å². The second kappa shape index (κ2) is 7.68. The van der Waals surface area contributed by atoms with Crippen LogP contribution >= 0.6 is 0 Å². The van der Waals surface area contributed by atoms with Gasteiger partial charge in [-0.1, -0.05) is 0 Å². The highest BCUT2D eigenvalue weighted by atomic mass is 19.4. The summed E-state index contributed by atoms with van der Waals surface area (Å²) in [4.78, 5) is 25.7. The van der Waals surface area contributed by atoms with Gasteiger partial charge >= 0.3 is 17.8 Å². The van der Waals surface area contributed by atoms with E-state index in [-0.39, 0.29) is 17.1 Å². The van der Waals surface area contributed by atoms with Gasteiger partial charge in [-0.25, -0.2) is 9.78 Å². The molecule has 1 aromatic carbocycles. The number of halogens is 3. The molecule has 26 heavy (non-hydrogen) atoms. The molecular formula is C15H12F3N3O5. The third kappa shape index (κ3) is 5.06. The maximum atomic E-state index is 12.1. The quantitative estimate of drug-likeness (QED) is 0.471. The second-order valence-corrected chi connectivity index (χ2v) is 4.89. The SMILES string of the molecule is COC(=O)c1cnc(Nc2ccc(OCC(F)(F)F)cc2)c([N+](=O)[O-])c1. The molecule has 8 nitrogen and oxygen atoms in total. The Balaban J connectivity index is 2.17. The fourth-order valence-corrected chi connectivity index (χ4v) is 1.85. The molecule has 0 radical (unpaired) electrons. The van der Waals surface area contributed by atoms with Gasteiger partial charge < -0.3 is 14.8 Å². The zero-order chi connectivity index (χ0) is 19.3.